The van der Waals surface area contributed by atoms with E-state index < -0.39 is 0 Å². The van der Waals surface area contributed by atoms with Gasteiger partial charge in [0.05, 0.1) is 22.9 Å². The Bertz CT molecular complexity index is 1290. The normalized spacial score (nSPS) is 11.7. The van der Waals surface area contributed by atoms with Gasteiger partial charge in [0.25, 0.3) is 0 Å². The molecular weight excluding hydrogens is 344 g/mol. The number of rotatable bonds is 3. The van der Waals surface area contributed by atoms with Gasteiger partial charge in [-0.1, -0.05) is 56.3 Å². The molecule has 0 radical (unpaired) electrons. The van der Waals surface area contributed by atoms with E-state index in [0.717, 1.165) is 33.9 Å². The van der Waals surface area contributed by atoms with Crippen LogP contribution < -0.4 is 0 Å². The molecule has 0 aliphatic heterocycles. The van der Waals surface area contributed by atoms with Crippen LogP contribution in [0.15, 0.2) is 60.8 Å². The number of hydrogen-bond donors (Lipinski definition) is 2. The maximum absolute atomic E-state index is 4.64. The summed E-state index contributed by atoms with van der Waals surface area (Å²) in [6.45, 7) is 6.28. The first-order valence-electron chi connectivity index (χ1n) is 9.63. The fraction of sp³-hybridized carbons (Fsp3) is 0.167. The summed E-state index contributed by atoms with van der Waals surface area (Å²) in [6.07, 6.45) is 1.91. The molecular formula is C24H22N4. The highest BCUT2D eigenvalue weighted by Crippen LogP contribution is 2.30. The van der Waals surface area contributed by atoms with Crippen LogP contribution in [0.3, 0.4) is 0 Å². The molecule has 0 aliphatic rings. The van der Waals surface area contributed by atoms with Crippen molar-refractivity contribution in [2.75, 3.05) is 0 Å². The fourth-order valence-electron chi connectivity index (χ4n) is 3.72. The number of H-pyrrole nitrogens is 2. The van der Waals surface area contributed by atoms with E-state index in [1.54, 1.807) is 0 Å². The van der Waals surface area contributed by atoms with E-state index in [9.17, 15) is 0 Å². The largest absolute Gasteiger partial charge is 0.342 e. The van der Waals surface area contributed by atoms with Crippen LogP contribution in [-0.2, 0) is 0 Å². The summed E-state index contributed by atoms with van der Waals surface area (Å²) in [6, 6.07) is 19.5. The first kappa shape index (κ1) is 16.8. The minimum absolute atomic E-state index is 0.399. The summed E-state index contributed by atoms with van der Waals surface area (Å²) in [5.41, 5.74) is 6.74. The molecule has 0 aliphatic carbocycles. The van der Waals surface area contributed by atoms with Crippen LogP contribution in [-0.4, -0.2) is 19.9 Å². The van der Waals surface area contributed by atoms with Gasteiger partial charge in [-0.3, -0.25) is 0 Å². The summed E-state index contributed by atoms with van der Waals surface area (Å²) in [5, 5.41) is 2.39. The van der Waals surface area contributed by atoms with Crippen LogP contribution in [0.5, 0.6) is 0 Å². The average Bonchev–Trinajstić information content (AvgIpc) is 3.34. The molecule has 2 heterocycles. The van der Waals surface area contributed by atoms with Crippen LogP contribution in [0.2, 0.25) is 0 Å². The van der Waals surface area contributed by atoms with Gasteiger partial charge in [0.2, 0.25) is 0 Å². The molecule has 0 saturated heterocycles. The zero-order chi connectivity index (χ0) is 19.3. The Morgan fingerprint density at radius 3 is 2.32 bits per heavy atom. The van der Waals surface area contributed by atoms with Crippen LogP contribution >= 0.6 is 0 Å². The Hall–Kier alpha value is -3.40. The van der Waals surface area contributed by atoms with Gasteiger partial charge in [0.1, 0.15) is 11.6 Å². The fourth-order valence-corrected chi connectivity index (χ4v) is 3.72. The Kier molecular flexibility index (Phi) is 3.79. The molecule has 4 heteroatoms. The van der Waals surface area contributed by atoms with Gasteiger partial charge in [0, 0.05) is 11.3 Å². The second kappa shape index (κ2) is 6.34. The number of hydrogen-bond acceptors (Lipinski definition) is 2. The first-order chi connectivity index (χ1) is 13.6. The molecule has 4 nitrogen and oxygen atoms in total. The van der Waals surface area contributed by atoms with Crippen molar-refractivity contribution in [1.82, 2.24) is 19.9 Å². The van der Waals surface area contributed by atoms with Crippen molar-refractivity contribution in [3.63, 3.8) is 0 Å². The molecule has 28 heavy (non-hydrogen) atoms. The maximum Gasteiger partial charge on any atom is 0.109 e. The van der Waals surface area contributed by atoms with Gasteiger partial charge in [-0.2, -0.15) is 0 Å². The standard InChI is InChI=1S/C24H22N4/c1-14(2)24-25-13-22(28-24)17-6-4-16(5-7-17)18-8-10-20-19(12-18)9-11-21-23(20)27-15(3)26-21/h4-14H,1-3H3,(H,25,28)(H,26,27). The lowest BCUT2D eigenvalue weighted by Crippen LogP contribution is -1.89. The molecule has 0 saturated carbocycles. The van der Waals surface area contributed by atoms with Gasteiger partial charge in [-0.25, -0.2) is 9.97 Å². The van der Waals surface area contributed by atoms with Gasteiger partial charge in [-0.05, 0) is 41.1 Å². The smallest absolute Gasteiger partial charge is 0.109 e. The molecule has 0 bridgehead atoms. The second-order valence-corrected chi connectivity index (χ2v) is 7.63. The molecule has 0 atom stereocenters. The zero-order valence-electron chi connectivity index (χ0n) is 16.2. The SMILES string of the molecule is Cc1nc2c(ccc3cc(-c4ccc(-c5cnc(C(C)C)[nH]5)cc4)ccc32)[nH]1. The van der Waals surface area contributed by atoms with Crippen molar-refractivity contribution in [2.24, 2.45) is 0 Å². The lowest BCUT2D eigenvalue weighted by molar-refractivity contribution is 0.795. The number of aromatic amines is 2. The Morgan fingerprint density at radius 2 is 1.57 bits per heavy atom. The van der Waals surface area contributed by atoms with E-state index in [1.165, 1.54) is 21.9 Å². The summed E-state index contributed by atoms with van der Waals surface area (Å²) >= 11 is 0. The van der Waals surface area contributed by atoms with Crippen molar-refractivity contribution in [3.8, 4) is 22.4 Å². The van der Waals surface area contributed by atoms with Gasteiger partial charge in [0.15, 0.2) is 0 Å². The van der Waals surface area contributed by atoms with Crippen LogP contribution in [0.4, 0.5) is 0 Å². The number of nitrogens with one attached hydrogen (secondary N) is 2. The highest BCUT2D eigenvalue weighted by atomic mass is 14.9. The van der Waals surface area contributed by atoms with Crippen LogP contribution in [0.1, 0.15) is 31.4 Å². The zero-order valence-corrected chi connectivity index (χ0v) is 16.2. The predicted octanol–water partition coefficient (Wildman–Crippen LogP) is 6.21. The summed E-state index contributed by atoms with van der Waals surface area (Å²) in [5.74, 6) is 2.37. The number of imidazole rings is 2. The molecule has 2 N–H and O–H groups in total. The Labute approximate surface area is 163 Å². The number of nitrogens with zero attached hydrogens (tertiary/aromatic N) is 2. The van der Waals surface area contributed by atoms with Gasteiger partial charge >= 0.3 is 0 Å². The molecule has 2 aromatic heterocycles. The molecule has 3 aromatic carbocycles. The lowest BCUT2D eigenvalue weighted by atomic mass is 9.99. The number of benzene rings is 3. The highest BCUT2D eigenvalue weighted by molar-refractivity contribution is 6.05. The molecule has 0 fully saturated rings. The van der Waals surface area contributed by atoms with Gasteiger partial charge < -0.3 is 9.97 Å². The predicted molar refractivity (Wildman–Crippen MR) is 115 cm³/mol. The van der Waals surface area contributed by atoms with Crippen LogP contribution in [0.25, 0.3) is 44.2 Å². The van der Waals surface area contributed by atoms with Gasteiger partial charge in [-0.15, -0.1) is 0 Å². The monoisotopic (exact) mass is 366 g/mol. The number of fused-ring (bicyclic) bond motifs is 3. The molecule has 0 amide bonds. The Balaban J connectivity index is 1.51. The second-order valence-electron chi connectivity index (χ2n) is 7.63. The molecule has 0 unspecified atom stereocenters. The topological polar surface area (TPSA) is 57.4 Å². The molecule has 0 spiro atoms. The summed E-state index contributed by atoms with van der Waals surface area (Å²) in [4.78, 5) is 15.8. The van der Waals surface area contributed by atoms with E-state index in [1.807, 2.05) is 13.1 Å². The van der Waals surface area contributed by atoms with Crippen molar-refractivity contribution >= 4 is 21.8 Å². The van der Waals surface area contributed by atoms with Crippen molar-refractivity contribution < 1.29 is 0 Å². The van der Waals surface area contributed by atoms with Crippen molar-refractivity contribution in [1.29, 1.82) is 0 Å². The van der Waals surface area contributed by atoms with E-state index in [-0.39, 0.29) is 0 Å². The van der Waals surface area contributed by atoms with E-state index in [0.29, 0.717) is 5.92 Å². The Morgan fingerprint density at radius 1 is 0.821 bits per heavy atom. The average molecular weight is 366 g/mol. The third kappa shape index (κ3) is 2.78. The quantitative estimate of drug-likeness (QED) is 0.399. The van der Waals surface area contributed by atoms with E-state index in [4.69, 9.17) is 0 Å². The highest BCUT2D eigenvalue weighted by Gasteiger charge is 2.08. The lowest BCUT2D eigenvalue weighted by Gasteiger charge is -2.06. The van der Waals surface area contributed by atoms with E-state index >= 15 is 0 Å². The number of aryl methyl sites for hydroxylation is 1. The maximum atomic E-state index is 4.64. The molecule has 138 valence electrons. The van der Waals surface area contributed by atoms with E-state index in [2.05, 4.69) is 88.4 Å². The summed E-state index contributed by atoms with van der Waals surface area (Å²) in [7, 11) is 0. The molecule has 5 rings (SSSR count). The molecule has 5 aromatic rings. The third-order valence-electron chi connectivity index (χ3n) is 5.26. The summed E-state index contributed by atoms with van der Waals surface area (Å²) < 4.78 is 0. The third-order valence-corrected chi connectivity index (χ3v) is 5.26. The van der Waals surface area contributed by atoms with Crippen molar-refractivity contribution in [3.05, 3.63) is 72.4 Å². The number of aromatic nitrogens is 4. The van der Waals surface area contributed by atoms with Crippen LogP contribution in [0, 0.1) is 6.92 Å². The van der Waals surface area contributed by atoms with Crippen molar-refractivity contribution in [2.45, 2.75) is 26.7 Å². The first-order valence-corrected chi connectivity index (χ1v) is 9.63. The minimum atomic E-state index is 0.399. The minimum Gasteiger partial charge on any atom is -0.342 e.